The second kappa shape index (κ2) is 8.22. The van der Waals surface area contributed by atoms with E-state index in [2.05, 4.69) is 46.5 Å². The minimum atomic E-state index is -0.547. The molecule has 1 aliphatic rings. The SMILES string of the molecule is CCC(C)(C)NC(=O)C1CN(Cc2ccc(-n3cccn3)cc2)c2ccccc2O1. The Kier molecular flexibility index (Phi) is 5.48. The van der Waals surface area contributed by atoms with Crippen LogP contribution in [0.15, 0.2) is 67.0 Å². The molecule has 4 rings (SSSR count). The van der Waals surface area contributed by atoms with Crippen LogP contribution in [-0.4, -0.2) is 33.9 Å². The van der Waals surface area contributed by atoms with E-state index in [0.717, 1.165) is 29.1 Å². The van der Waals surface area contributed by atoms with Gasteiger partial charge in [0.05, 0.1) is 17.9 Å². The van der Waals surface area contributed by atoms with Gasteiger partial charge in [0.1, 0.15) is 5.75 Å². The Bertz CT molecular complexity index is 996. The maximum atomic E-state index is 12.9. The third-order valence-electron chi connectivity index (χ3n) is 5.58. The third kappa shape index (κ3) is 4.32. The van der Waals surface area contributed by atoms with Gasteiger partial charge in [0.15, 0.2) is 6.10 Å². The lowest BCUT2D eigenvalue weighted by Gasteiger charge is -2.37. The zero-order chi connectivity index (χ0) is 21.1. The number of para-hydroxylation sites is 2. The predicted octanol–water partition coefficient (Wildman–Crippen LogP) is 3.94. The van der Waals surface area contributed by atoms with Gasteiger partial charge in [-0.05, 0) is 56.2 Å². The summed E-state index contributed by atoms with van der Waals surface area (Å²) in [6.07, 6.45) is 4.00. The molecule has 1 amide bonds. The van der Waals surface area contributed by atoms with Gasteiger partial charge in [-0.25, -0.2) is 4.68 Å². The topological polar surface area (TPSA) is 59.4 Å². The van der Waals surface area contributed by atoms with E-state index in [9.17, 15) is 4.79 Å². The average molecular weight is 405 g/mol. The Hall–Kier alpha value is -3.28. The van der Waals surface area contributed by atoms with Gasteiger partial charge in [0.25, 0.3) is 5.91 Å². The zero-order valence-electron chi connectivity index (χ0n) is 17.7. The largest absolute Gasteiger partial charge is 0.477 e. The van der Waals surface area contributed by atoms with Crippen molar-refractivity contribution in [2.24, 2.45) is 0 Å². The number of aromatic nitrogens is 2. The molecule has 156 valence electrons. The second-order valence-electron chi connectivity index (χ2n) is 8.30. The fourth-order valence-electron chi connectivity index (χ4n) is 3.49. The number of fused-ring (bicyclic) bond motifs is 1. The van der Waals surface area contributed by atoms with E-state index < -0.39 is 6.10 Å². The van der Waals surface area contributed by atoms with Crippen LogP contribution in [0.5, 0.6) is 5.75 Å². The molecule has 2 heterocycles. The fourth-order valence-corrected chi connectivity index (χ4v) is 3.49. The summed E-state index contributed by atoms with van der Waals surface area (Å²) < 4.78 is 7.89. The Labute approximate surface area is 177 Å². The molecule has 0 radical (unpaired) electrons. The fraction of sp³-hybridized carbons (Fsp3) is 0.333. The highest BCUT2D eigenvalue weighted by Gasteiger charge is 2.32. The lowest BCUT2D eigenvalue weighted by molar-refractivity contribution is -0.129. The van der Waals surface area contributed by atoms with Crippen LogP contribution in [0.3, 0.4) is 0 Å². The van der Waals surface area contributed by atoms with Gasteiger partial charge in [0.2, 0.25) is 0 Å². The number of carbonyl (C=O) groups is 1. The highest BCUT2D eigenvalue weighted by Crippen LogP contribution is 2.34. The summed E-state index contributed by atoms with van der Waals surface area (Å²) in [4.78, 5) is 15.1. The van der Waals surface area contributed by atoms with Gasteiger partial charge in [-0.3, -0.25) is 4.79 Å². The lowest BCUT2D eigenvalue weighted by Crippen LogP contribution is -2.54. The first kappa shape index (κ1) is 20.0. The van der Waals surface area contributed by atoms with Crippen LogP contribution >= 0.6 is 0 Å². The molecular formula is C24H28N4O2. The van der Waals surface area contributed by atoms with E-state index in [1.165, 1.54) is 0 Å². The number of nitrogens with zero attached hydrogens (tertiary/aromatic N) is 3. The number of hydrogen-bond acceptors (Lipinski definition) is 4. The maximum absolute atomic E-state index is 12.9. The first-order valence-electron chi connectivity index (χ1n) is 10.4. The summed E-state index contributed by atoms with van der Waals surface area (Å²) in [5, 5.41) is 7.39. The monoisotopic (exact) mass is 404 g/mol. The van der Waals surface area contributed by atoms with Crippen molar-refractivity contribution in [3.63, 3.8) is 0 Å². The number of ether oxygens (including phenoxy) is 1. The maximum Gasteiger partial charge on any atom is 0.263 e. The zero-order valence-corrected chi connectivity index (χ0v) is 17.7. The van der Waals surface area contributed by atoms with Crippen molar-refractivity contribution in [1.82, 2.24) is 15.1 Å². The van der Waals surface area contributed by atoms with E-state index >= 15 is 0 Å². The van der Waals surface area contributed by atoms with E-state index in [1.54, 1.807) is 6.20 Å². The summed E-state index contributed by atoms with van der Waals surface area (Å²) in [5.41, 5.74) is 2.93. The molecule has 1 atom stereocenters. The molecule has 0 aliphatic carbocycles. The normalized spacial score (nSPS) is 16.0. The summed E-state index contributed by atoms with van der Waals surface area (Å²) in [6, 6.07) is 18.1. The number of hydrogen-bond donors (Lipinski definition) is 1. The van der Waals surface area contributed by atoms with Crippen LogP contribution in [0, 0.1) is 0 Å². The average Bonchev–Trinajstić information content (AvgIpc) is 3.29. The van der Waals surface area contributed by atoms with Gasteiger partial charge >= 0.3 is 0 Å². The molecule has 1 N–H and O–H groups in total. The minimum absolute atomic E-state index is 0.0737. The molecule has 0 bridgehead atoms. The number of nitrogens with one attached hydrogen (secondary N) is 1. The van der Waals surface area contributed by atoms with Gasteiger partial charge < -0.3 is 15.0 Å². The summed E-state index contributed by atoms with van der Waals surface area (Å²) in [7, 11) is 0. The van der Waals surface area contributed by atoms with Crippen LogP contribution in [0.1, 0.15) is 32.8 Å². The quantitative estimate of drug-likeness (QED) is 0.676. The minimum Gasteiger partial charge on any atom is -0.477 e. The smallest absolute Gasteiger partial charge is 0.263 e. The Balaban J connectivity index is 1.53. The highest BCUT2D eigenvalue weighted by molar-refractivity contribution is 5.84. The molecule has 0 saturated heterocycles. The second-order valence-corrected chi connectivity index (χ2v) is 8.30. The van der Waals surface area contributed by atoms with Gasteiger partial charge in [0, 0.05) is 24.5 Å². The van der Waals surface area contributed by atoms with Crippen molar-refractivity contribution in [2.45, 2.75) is 45.4 Å². The summed E-state index contributed by atoms with van der Waals surface area (Å²) >= 11 is 0. The van der Waals surface area contributed by atoms with Crippen molar-refractivity contribution in [2.75, 3.05) is 11.4 Å². The molecule has 3 aromatic rings. The number of anilines is 1. The molecule has 0 saturated carbocycles. The lowest BCUT2D eigenvalue weighted by atomic mass is 10.0. The Morgan fingerprint density at radius 3 is 2.63 bits per heavy atom. The number of carbonyl (C=O) groups excluding carboxylic acids is 1. The van der Waals surface area contributed by atoms with Crippen molar-refractivity contribution >= 4 is 11.6 Å². The third-order valence-corrected chi connectivity index (χ3v) is 5.58. The first-order chi connectivity index (χ1) is 14.4. The molecule has 1 aliphatic heterocycles. The van der Waals surface area contributed by atoms with Crippen molar-refractivity contribution in [3.8, 4) is 11.4 Å². The molecule has 2 aromatic carbocycles. The van der Waals surface area contributed by atoms with Crippen molar-refractivity contribution < 1.29 is 9.53 Å². The van der Waals surface area contributed by atoms with Crippen LogP contribution in [0.2, 0.25) is 0 Å². The predicted molar refractivity (Wildman–Crippen MR) is 118 cm³/mol. The van der Waals surface area contributed by atoms with Crippen LogP contribution in [-0.2, 0) is 11.3 Å². The van der Waals surface area contributed by atoms with Gasteiger partial charge in [-0.2, -0.15) is 5.10 Å². The Morgan fingerprint density at radius 2 is 1.93 bits per heavy atom. The summed E-state index contributed by atoms with van der Waals surface area (Å²) in [6.45, 7) is 7.32. The summed E-state index contributed by atoms with van der Waals surface area (Å²) in [5.74, 6) is 0.668. The van der Waals surface area contributed by atoms with E-state index in [0.29, 0.717) is 13.1 Å². The van der Waals surface area contributed by atoms with E-state index in [-0.39, 0.29) is 11.4 Å². The standard InChI is InChI=1S/C24H28N4O2/c1-4-24(2,3)26-23(29)22-17-27(20-8-5-6-9-21(20)30-22)16-18-10-12-19(13-11-18)28-15-7-14-25-28/h5-15,22H,4,16-17H2,1-3H3,(H,26,29). The molecular weight excluding hydrogens is 376 g/mol. The van der Waals surface area contributed by atoms with Crippen molar-refractivity contribution in [3.05, 3.63) is 72.6 Å². The number of amides is 1. The van der Waals surface area contributed by atoms with Crippen molar-refractivity contribution in [1.29, 1.82) is 0 Å². The van der Waals surface area contributed by atoms with Crippen LogP contribution < -0.4 is 15.0 Å². The molecule has 0 fully saturated rings. The Morgan fingerprint density at radius 1 is 1.17 bits per heavy atom. The molecule has 1 aromatic heterocycles. The van der Waals surface area contributed by atoms with E-state index in [4.69, 9.17) is 4.74 Å². The highest BCUT2D eigenvalue weighted by atomic mass is 16.5. The van der Waals surface area contributed by atoms with Crippen LogP contribution in [0.25, 0.3) is 5.69 Å². The van der Waals surface area contributed by atoms with Gasteiger partial charge in [-0.1, -0.05) is 31.2 Å². The van der Waals surface area contributed by atoms with E-state index in [1.807, 2.05) is 55.1 Å². The molecule has 1 unspecified atom stereocenters. The number of rotatable bonds is 6. The van der Waals surface area contributed by atoms with Crippen LogP contribution in [0.4, 0.5) is 5.69 Å². The first-order valence-corrected chi connectivity index (χ1v) is 10.4. The molecule has 30 heavy (non-hydrogen) atoms. The molecule has 6 heteroatoms. The number of benzene rings is 2. The molecule has 0 spiro atoms. The van der Waals surface area contributed by atoms with Gasteiger partial charge in [-0.15, -0.1) is 0 Å². The molecule has 6 nitrogen and oxygen atoms in total.